The summed E-state index contributed by atoms with van der Waals surface area (Å²) in [6.07, 6.45) is -4.53. The molecule has 24 heavy (non-hydrogen) atoms. The van der Waals surface area contributed by atoms with E-state index in [0.29, 0.717) is 21.0 Å². The quantitative estimate of drug-likeness (QED) is 0.712. The maximum atomic E-state index is 12.8. The maximum Gasteiger partial charge on any atom is 0.433 e. The number of ether oxygens (including phenoxy) is 1. The predicted molar refractivity (Wildman–Crippen MR) is 78.5 cm³/mol. The van der Waals surface area contributed by atoms with Crippen LogP contribution in [0.3, 0.4) is 0 Å². The predicted octanol–water partition coefficient (Wildman–Crippen LogP) is 3.82. The van der Waals surface area contributed by atoms with E-state index in [1.165, 1.54) is 14.2 Å². The SMILES string of the molecule is COc1ccc(Cl)cc1-c1noc(-c2cc(C(F)(F)F)n(C)n2)n1. The zero-order valence-electron chi connectivity index (χ0n) is 12.4. The van der Waals surface area contributed by atoms with Crippen molar-refractivity contribution in [2.45, 2.75) is 6.18 Å². The summed E-state index contributed by atoms with van der Waals surface area (Å²) < 4.78 is 49.4. The van der Waals surface area contributed by atoms with Crippen molar-refractivity contribution in [3.63, 3.8) is 0 Å². The molecule has 0 spiro atoms. The summed E-state index contributed by atoms with van der Waals surface area (Å²) in [4.78, 5) is 4.08. The lowest BCUT2D eigenvalue weighted by molar-refractivity contribution is -0.143. The van der Waals surface area contributed by atoms with E-state index in [4.69, 9.17) is 20.9 Å². The van der Waals surface area contributed by atoms with Gasteiger partial charge in [-0.25, -0.2) is 0 Å². The van der Waals surface area contributed by atoms with Crippen molar-refractivity contribution >= 4 is 11.6 Å². The zero-order chi connectivity index (χ0) is 17.5. The molecule has 0 amide bonds. The lowest BCUT2D eigenvalue weighted by Crippen LogP contribution is -2.11. The number of aryl methyl sites for hydroxylation is 1. The molecule has 0 saturated carbocycles. The third-order valence-corrected chi connectivity index (χ3v) is 3.45. The molecular formula is C14H10ClF3N4O2. The number of halogens is 4. The fourth-order valence-electron chi connectivity index (χ4n) is 2.13. The largest absolute Gasteiger partial charge is 0.496 e. The highest BCUT2D eigenvalue weighted by atomic mass is 35.5. The first-order valence-corrected chi connectivity index (χ1v) is 6.96. The van der Waals surface area contributed by atoms with Gasteiger partial charge in [-0.05, 0) is 18.2 Å². The normalized spacial score (nSPS) is 11.8. The van der Waals surface area contributed by atoms with Gasteiger partial charge in [0.05, 0.1) is 12.7 Å². The van der Waals surface area contributed by atoms with Crippen LogP contribution < -0.4 is 4.74 Å². The van der Waals surface area contributed by atoms with Crippen LogP contribution in [0.2, 0.25) is 5.02 Å². The molecule has 0 bridgehead atoms. The molecule has 2 heterocycles. The van der Waals surface area contributed by atoms with Crippen molar-refractivity contribution in [2.24, 2.45) is 7.05 Å². The van der Waals surface area contributed by atoms with Crippen LogP contribution in [0.15, 0.2) is 28.8 Å². The minimum absolute atomic E-state index is 0.0791. The van der Waals surface area contributed by atoms with Crippen LogP contribution in [0, 0.1) is 0 Å². The first-order valence-electron chi connectivity index (χ1n) is 6.59. The molecule has 6 nitrogen and oxygen atoms in total. The molecule has 0 aliphatic heterocycles. The first kappa shape index (κ1) is 16.3. The van der Waals surface area contributed by atoms with E-state index in [2.05, 4.69) is 15.2 Å². The topological polar surface area (TPSA) is 66.0 Å². The molecule has 0 atom stereocenters. The Labute approximate surface area is 138 Å². The monoisotopic (exact) mass is 358 g/mol. The van der Waals surface area contributed by atoms with Gasteiger partial charge in [-0.2, -0.15) is 23.3 Å². The summed E-state index contributed by atoms with van der Waals surface area (Å²) in [6.45, 7) is 0. The van der Waals surface area contributed by atoms with Crippen LogP contribution in [0.25, 0.3) is 23.0 Å². The third kappa shape index (κ3) is 2.94. The molecular weight excluding hydrogens is 349 g/mol. The smallest absolute Gasteiger partial charge is 0.433 e. The Morgan fingerprint density at radius 1 is 1.25 bits per heavy atom. The lowest BCUT2D eigenvalue weighted by atomic mass is 10.2. The van der Waals surface area contributed by atoms with E-state index >= 15 is 0 Å². The van der Waals surface area contributed by atoms with E-state index in [9.17, 15) is 13.2 Å². The summed E-state index contributed by atoms with van der Waals surface area (Å²) in [6, 6.07) is 5.65. The summed E-state index contributed by atoms with van der Waals surface area (Å²) in [7, 11) is 2.64. The van der Waals surface area contributed by atoms with Gasteiger partial charge in [0.1, 0.15) is 11.4 Å². The number of rotatable bonds is 3. The molecule has 0 aliphatic rings. The molecule has 0 unspecified atom stereocenters. The number of methoxy groups -OCH3 is 1. The van der Waals surface area contributed by atoms with Gasteiger partial charge in [0.2, 0.25) is 5.82 Å². The Morgan fingerprint density at radius 2 is 2.00 bits per heavy atom. The standard InChI is InChI=1S/C14H10ClF3N4O2/c1-22-11(14(16,17)18)6-9(20-22)13-19-12(21-24-13)8-5-7(15)3-4-10(8)23-2/h3-6H,1-2H3. The van der Waals surface area contributed by atoms with Crippen LogP contribution in [-0.2, 0) is 13.2 Å². The number of hydrogen-bond donors (Lipinski definition) is 0. The van der Waals surface area contributed by atoms with Crippen molar-refractivity contribution in [3.8, 4) is 28.7 Å². The summed E-state index contributed by atoms with van der Waals surface area (Å²) in [5.41, 5.74) is -0.547. The van der Waals surface area contributed by atoms with E-state index in [0.717, 1.165) is 6.07 Å². The molecule has 1 aromatic carbocycles. The van der Waals surface area contributed by atoms with Crippen LogP contribution in [0.4, 0.5) is 13.2 Å². The number of aromatic nitrogens is 4. The van der Waals surface area contributed by atoms with Crippen molar-refractivity contribution in [3.05, 3.63) is 35.0 Å². The van der Waals surface area contributed by atoms with E-state index in [1.807, 2.05) is 0 Å². The molecule has 3 aromatic rings. The summed E-state index contributed by atoms with van der Waals surface area (Å²) >= 11 is 5.94. The first-order chi connectivity index (χ1) is 11.3. The molecule has 10 heteroatoms. The summed E-state index contributed by atoms with van der Waals surface area (Å²) in [5.74, 6) is 0.436. The van der Waals surface area contributed by atoms with Gasteiger partial charge in [0.25, 0.3) is 5.89 Å². The second-order valence-corrected chi connectivity index (χ2v) is 5.24. The molecule has 3 rings (SSSR count). The summed E-state index contributed by atoms with van der Waals surface area (Å²) in [5, 5.41) is 7.94. The minimum Gasteiger partial charge on any atom is -0.496 e. The molecule has 0 fully saturated rings. The van der Waals surface area contributed by atoms with E-state index in [1.54, 1.807) is 18.2 Å². The van der Waals surface area contributed by atoms with Crippen molar-refractivity contribution in [1.82, 2.24) is 19.9 Å². The van der Waals surface area contributed by atoms with E-state index in [-0.39, 0.29) is 17.4 Å². The number of nitrogens with zero attached hydrogens (tertiary/aromatic N) is 4. The highest BCUT2D eigenvalue weighted by Gasteiger charge is 2.35. The number of benzene rings is 1. The van der Waals surface area contributed by atoms with Gasteiger partial charge in [-0.1, -0.05) is 16.8 Å². The van der Waals surface area contributed by atoms with E-state index < -0.39 is 11.9 Å². The van der Waals surface area contributed by atoms with Crippen molar-refractivity contribution in [2.75, 3.05) is 7.11 Å². The second-order valence-electron chi connectivity index (χ2n) is 4.80. The van der Waals surface area contributed by atoms with Crippen LogP contribution in [-0.4, -0.2) is 27.0 Å². The molecule has 0 N–H and O–H groups in total. The second kappa shape index (κ2) is 5.82. The van der Waals surface area contributed by atoms with Crippen molar-refractivity contribution < 1.29 is 22.4 Å². The zero-order valence-corrected chi connectivity index (χ0v) is 13.2. The molecule has 2 aromatic heterocycles. The Balaban J connectivity index is 2.02. The van der Waals surface area contributed by atoms with Gasteiger partial charge in [0.15, 0.2) is 5.69 Å². The van der Waals surface area contributed by atoms with Crippen LogP contribution in [0.1, 0.15) is 5.69 Å². The Bertz CT molecular complexity index is 889. The molecule has 0 aliphatic carbocycles. The molecule has 0 saturated heterocycles. The lowest BCUT2D eigenvalue weighted by Gasteiger charge is -2.04. The fourth-order valence-corrected chi connectivity index (χ4v) is 2.30. The average molecular weight is 359 g/mol. The van der Waals surface area contributed by atoms with Crippen LogP contribution >= 0.6 is 11.6 Å². The van der Waals surface area contributed by atoms with Gasteiger partial charge in [-0.3, -0.25) is 4.68 Å². The number of hydrogen-bond acceptors (Lipinski definition) is 5. The van der Waals surface area contributed by atoms with Gasteiger partial charge in [-0.15, -0.1) is 0 Å². The third-order valence-electron chi connectivity index (χ3n) is 3.22. The van der Waals surface area contributed by atoms with Gasteiger partial charge >= 0.3 is 6.18 Å². The highest BCUT2D eigenvalue weighted by Crippen LogP contribution is 2.34. The van der Waals surface area contributed by atoms with Crippen LogP contribution in [0.5, 0.6) is 5.75 Å². The maximum absolute atomic E-state index is 12.8. The average Bonchev–Trinajstić information content (AvgIpc) is 3.13. The van der Waals surface area contributed by atoms with Gasteiger partial charge in [0, 0.05) is 18.1 Å². The Morgan fingerprint density at radius 3 is 2.62 bits per heavy atom. The van der Waals surface area contributed by atoms with Gasteiger partial charge < -0.3 is 9.26 Å². The minimum atomic E-state index is -4.53. The fraction of sp³-hybridized carbons (Fsp3) is 0.214. The molecule has 0 radical (unpaired) electrons. The molecule has 126 valence electrons. The Hall–Kier alpha value is -2.55. The van der Waals surface area contributed by atoms with Crippen molar-refractivity contribution in [1.29, 1.82) is 0 Å². The Kier molecular flexibility index (Phi) is 3.96. The number of alkyl halides is 3. The highest BCUT2D eigenvalue weighted by molar-refractivity contribution is 6.30.